The molecule has 32 heavy (non-hydrogen) atoms. The van der Waals surface area contributed by atoms with E-state index in [1.54, 1.807) is 0 Å². The summed E-state index contributed by atoms with van der Waals surface area (Å²) in [6, 6.07) is 8.25. The molecule has 1 amide bonds. The fraction of sp³-hybridized carbons (Fsp3) is 0.0500. The van der Waals surface area contributed by atoms with Gasteiger partial charge in [-0.05, 0) is 30.3 Å². The number of primary amides is 1. The van der Waals surface area contributed by atoms with E-state index in [4.69, 9.17) is 21.9 Å². The molecule has 0 radical (unpaired) electrons. The van der Waals surface area contributed by atoms with Gasteiger partial charge in [0.25, 0.3) is 5.91 Å². The minimum atomic E-state index is -4.99. The molecule has 0 unspecified atom stereocenters. The predicted molar refractivity (Wildman–Crippen MR) is 103 cm³/mol. The second-order valence-electron chi connectivity index (χ2n) is 6.51. The Hall–Kier alpha value is -3.73. The Morgan fingerprint density at radius 2 is 1.84 bits per heavy atom. The second kappa shape index (κ2) is 7.75. The van der Waals surface area contributed by atoms with Gasteiger partial charge in [-0.2, -0.15) is 18.3 Å². The number of rotatable bonds is 4. The lowest BCUT2D eigenvalue weighted by atomic mass is 10.0. The standard InChI is InChI=1S/C20H10ClF5N4O2/c21-12-5-2-6-13(23)14(12)16-15(19(27)31)17(32-29-16)11-8-30(28-18(11)20(24,25)26)10-4-1-3-9(22)7-10/h1-8H,(H2,27,31). The first-order valence-corrected chi connectivity index (χ1v) is 9.12. The molecule has 0 bridgehead atoms. The minimum Gasteiger partial charge on any atom is -0.365 e. The molecule has 0 saturated carbocycles. The van der Waals surface area contributed by atoms with Gasteiger partial charge >= 0.3 is 6.18 Å². The molecule has 2 N–H and O–H groups in total. The van der Waals surface area contributed by atoms with Crippen molar-refractivity contribution in [1.82, 2.24) is 14.9 Å². The first-order chi connectivity index (χ1) is 15.1. The number of halogens is 6. The number of alkyl halides is 3. The number of aromatic nitrogens is 3. The smallest absolute Gasteiger partial charge is 0.365 e. The minimum absolute atomic E-state index is 0.0285. The van der Waals surface area contributed by atoms with E-state index >= 15 is 0 Å². The molecular formula is C20H10ClF5N4O2. The van der Waals surface area contributed by atoms with Crippen LogP contribution < -0.4 is 5.73 Å². The van der Waals surface area contributed by atoms with Gasteiger partial charge in [-0.3, -0.25) is 4.79 Å². The Bertz CT molecular complexity index is 1330. The SMILES string of the molecule is NC(=O)c1c(-c2c(F)cccc2Cl)noc1-c1cn(-c2cccc(F)c2)nc1C(F)(F)F. The number of nitrogens with zero attached hydrogens (tertiary/aromatic N) is 3. The molecule has 0 aliphatic carbocycles. The highest BCUT2D eigenvalue weighted by Gasteiger charge is 2.40. The fourth-order valence-electron chi connectivity index (χ4n) is 3.10. The highest BCUT2D eigenvalue weighted by atomic mass is 35.5. The monoisotopic (exact) mass is 468 g/mol. The highest BCUT2D eigenvalue weighted by Crippen LogP contribution is 2.41. The zero-order valence-electron chi connectivity index (χ0n) is 15.6. The van der Waals surface area contributed by atoms with E-state index in [0.29, 0.717) is 0 Å². The van der Waals surface area contributed by atoms with Crippen molar-refractivity contribution in [1.29, 1.82) is 0 Å². The summed E-state index contributed by atoms with van der Waals surface area (Å²) in [4.78, 5) is 12.2. The molecule has 6 nitrogen and oxygen atoms in total. The Balaban J connectivity index is 1.98. The van der Waals surface area contributed by atoms with Gasteiger partial charge in [0.05, 0.1) is 21.8 Å². The number of hydrogen-bond acceptors (Lipinski definition) is 4. The third-order valence-electron chi connectivity index (χ3n) is 4.44. The predicted octanol–water partition coefficient (Wildman–Crippen LogP) is 5.24. The molecule has 2 heterocycles. The van der Waals surface area contributed by atoms with Crippen molar-refractivity contribution in [3.63, 3.8) is 0 Å². The van der Waals surface area contributed by atoms with E-state index in [1.807, 2.05) is 0 Å². The Morgan fingerprint density at radius 1 is 1.12 bits per heavy atom. The fourth-order valence-corrected chi connectivity index (χ4v) is 3.35. The molecule has 0 saturated heterocycles. The molecule has 0 spiro atoms. The third-order valence-corrected chi connectivity index (χ3v) is 4.75. The van der Waals surface area contributed by atoms with Crippen LogP contribution in [0.2, 0.25) is 5.02 Å². The van der Waals surface area contributed by atoms with E-state index in [1.165, 1.54) is 24.3 Å². The molecule has 0 aliphatic heterocycles. The lowest BCUT2D eigenvalue weighted by molar-refractivity contribution is -0.140. The van der Waals surface area contributed by atoms with Gasteiger partial charge in [-0.25, -0.2) is 13.5 Å². The Morgan fingerprint density at radius 3 is 2.47 bits per heavy atom. The zero-order valence-corrected chi connectivity index (χ0v) is 16.4. The lowest BCUT2D eigenvalue weighted by Crippen LogP contribution is -2.14. The van der Waals surface area contributed by atoms with Gasteiger partial charge in [0, 0.05) is 6.20 Å². The van der Waals surface area contributed by atoms with Gasteiger partial charge in [0.2, 0.25) is 0 Å². The summed E-state index contributed by atoms with van der Waals surface area (Å²) in [5, 5.41) is 6.86. The van der Waals surface area contributed by atoms with Gasteiger partial charge in [-0.1, -0.05) is 28.9 Å². The number of benzene rings is 2. The van der Waals surface area contributed by atoms with Gasteiger partial charge < -0.3 is 10.3 Å². The number of hydrogen-bond donors (Lipinski definition) is 1. The van der Waals surface area contributed by atoms with Crippen LogP contribution in [0.25, 0.3) is 28.3 Å². The maximum atomic E-state index is 14.4. The van der Waals surface area contributed by atoms with Gasteiger partial charge in [-0.15, -0.1) is 0 Å². The van der Waals surface area contributed by atoms with Crippen molar-refractivity contribution in [3.05, 3.63) is 76.6 Å². The summed E-state index contributed by atoms with van der Waals surface area (Å²) in [7, 11) is 0. The van der Waals surface area contributed by atoms with E-state index in [9.17, 15) is 26.7 Å². The van der Waals surface area contributed by atoms with Crippen LogP contribution in [0.3, 0.4) is 0 Å². The number of amides is 1. The van der Waals surface area contributed by atoms with Crippen molar-refractivity contribution >= 4 is 17.5 Å². The third kappa shape index (κ3) is 3.71. The summed E-state index contributed by atoms with van der Waals surface area (Å²) in [6.07, 6.45) is -4.12. The topological polar surface area (TPSA) is 86.9 Å². The molecule has 4 rings (SSSR count). The molecule has 0 aliphatic rings. The maximum Gasteiger partial charge on any atom is 0.435 e. The van der Waals surface area contributed by atoms with Crippen LogP contribution >= 0.6 is 11.6 Å². The van der Waals surface area contributed by atoms with Crippen molar-refractivity contribution < 1.29 is 31.3 Å². The van der Waals surface area contributed by atoms with Crippen LogP contribution in [0.1, 0.15) is 16.1 Å². The van der Waals surface area contributed by atoms with Crippen LogP contribution in [0.15, 0.2) is 53.2 Å². The first-order valence-electron chi connectivity index (χ1n) is 8.75. The molecule has 0 atom stereocenters. The quantitative estimate of drug-likeness (QED) is 0.415. The Kier molecular flexibility index (Phi) is 5.21. The van der Waals surface area contributed by atoms with E-state index in [0.717, 1.165) is 29.1 Å². The summed E-state index contributed by atoms with van der Waals surface area (Å²) in [5.41, 5.74) is 1.72. The zero-order chi connectivity index (χ0) is 23.2. The first kappa shape index (κ1) is 21.5. The lowest BCUT2D eigenvalue weighted by Gasteiger charge is -2.06. The summed E-state index contributed by atoms with van der Waals surface area (Å²) >= 11 is 5.99. The molecule has 12 heteroatoms. The van der Waals surface area contributed by atoms with Crippen molar-refractivity contribution in [2.75, 3.05) is 0 Å². The molecule has 2 aromatic heterocycles. The van der Waals surface area contributed by atoms with E-state index < -0.39 is 52.0 Å². The van der Waals surface area contributed by atoms with Crippen molar-refractivity contribution in [2.24, 2.45) is 5.73 Å². The molecular weight excluding hydrogens is 459 g/mol. The average Bonchev–Trinajstić information content (AvgIpc) is 3.32. The summed E-state index contributed by atoms with van der Waals surface area (Å²) in [6.45, 7) is 0. The van der Waals surface area contributed by atoms with Crippen molar-refractivity contribution in [3.8, 4) is 28.3 Å². The largest absolute Gasteiger partial charge is 0.435 e. The molecule has 0 fully saturated rings. The van der Waals surface area contributed by atoms with Crippen LogP contribution in [-0.2, 0) is 6.18 Å². The van der Waals surface area contributed by atoms with Gasteiger partial charge in [0.15, 0.2) is 11.5 Å². The van der Waals surface area contributed by atoms with Crippen LogP contribution in [0.4, 0.5) is 22.0 Å². The number of carbonyl (C=O) groups is 1. The van der Waals surface area contributed by atoms with E-state index in [2.05, 4.69) is 10.3 Å². The summed E-state index contributed by atoms with van der Waals surface area (Å²) < 4.78 is 74.9. The normalized spacial score (nSPS) is 11.7. The van der Waals surface area contributed by atoms with E-state index in [-0.39, 0.29) is 16.3 Å². The number of carbonyl (C=O) groups excluding carboxylic acids is 1. The Labute approximate surface area is 181 Å². The summed E-state index contributed by atoms with van der Waals surface area (Å²) in [5.74, 6) is -3.53. The average molecular weight is 469 g/mol. The van der Waals surface area contributed by atoms with Gasteiger partial charge in [0.1, 0.15) is 22.9 Å². The molecule has 4 aromatic rings. The second-order valence-corrected chi connectivity index (χ2v) is 6.92. The molecule has 164 valence electrons. The number of nitrogens with two attached hydrogens (primary N) is 1. The molecule has 2 aromatic carbocycles. The van der Waals surface area contributed by atoms with Crippen molar-refractivity contribution in [2.45, 2.75) is 6.18 Å². The van der Waals surface area contributed by atoms with Crippen LogP contribution in [0, 0.1) is 11.6 Å². The van der Waals surface area contributed by atoms with Crippen LogP contribution in [-0.4, -0.2) is 20.8 Å². The highest BCUT2D eigenvalue weighted by molar-refractivity contribution is 6.33. The van der Waals surface area contributed by atoms with Crippen LogP contribution in [0.5, 0.6) is 0 Å². The maximum absolute atomic E-state index is 14.4.